The number of anilines is 2. The Hall–Kier alpha value is -1.92. The highest BCUT2D eigenvalue weighted by Gasteiger charge is 2.31. The van der Waals surface area contributed by atoms with E-state index in [1.807, 2.05) is 0 Å². The van der Waals surface area contributed by atoms with E-state index >= 15 is 0 Å². The number of nitrogens with two attached hydrogens (primary N) is 1. The molecular weight excluding hydrogens is 259 g/mol. The van der Waals surface area contributed by atoms with Crippen molar-refractivity contribution in [2.45, 2.75) is 19.0 Å². The van der Waals surface area contributed by atoms with Crippen LogP contribution in [-0.2, 0) is 6.18 Å². The second kappa shape index (κ2) is 4.99. The van der Waals surface area contributed by atoms with Crippen LogP contribution in [0.25, 0.3) is 0 Å². The molecular formula is C12H14F3N3O. The van der Waals surface area contributed by atoms with Crippen molar-refractivity contribution in [3.05, 3.63) is 23.8 Å². The van der Waals surface area contributed by atoms with Crippen LogP contribution in [0.3, 0.4) is 0 Å². The van der Waals surface area contributed by atoms with Crippen LogP contribution >= 0.6 is 0 Å². The normalized spacial score (nSPS) is 15.6. The number of nitrogens with one attached hydrogen (secondary N) is 1. The molecule has 2 amide bonds. The van der Waals surface area contributed by atoms with Crippen molar-refractivity contribution in [1.82, 2.24) is 4.90 Å². The Kier molecular flexibility index (Phi) is 3.55. The minimum absolute atomic E-state index is 0.0950. The number of likely N-dealkylation sites (tertiary alicyclic amines) is 1. The summed E-state index contributed by atoms with van der Waals surface area (Å²) < 4.78 is 37.4. The molecule has 0 aromatic heterocycles. The first-order valence-electron chi connectivity index (χ1n) is 5.90. The number of nitrogens with zero attached hydrogens (tertiary/aromatic N) is 1. The standard InChI is InChI=1S/C12H14F3N3O/c13-12(14,15)8-3-4-10(9(16)7-8)17-11(19)18-5-1-2-6-18/h3-4,7H,1-2,5-6,16H2,(H,17,19). The summed E-state index contributed by atoms with van der Waals surface area (Å²) in [4.78, 5) is 13.4. The zero-order chi connectivity index (χ0) is 14.0. The van der Waals surface area contributed by atoms with Crippen molar-refractivity contribution in [2.24, 2.45) is 0 Å². The predicted molar refractivity (Wildman–Crippen MR) is 65.7 cm³/mol. The molecule has 3 N–H and O–H groups in total. The van der Waals surface area contributed by atoms with Gasteiger partial charge in [-0.25, -0.2) is 4.79 Å². The van der Waals surface area contributed by atoms with Crippen LogP contribution in [0.15, 0.2) is 18.2 Å². The van der Waals surface area contributed by atoms with Gasteiger partial charge in [-0.15, -0.1) is 0 Å². The first-order chi connectivity index (χ1) is 8.88. The van der Waals surface area contributed by atoms with Gasteiger partial charge in [-0.2, -0.15) is 13.2 Å². The van der Waals surface area contributed by atoms with Gasteiger partial charge >= 0.3 is 12.2 Å². The van der Waals surface area contributed by atoms with Gasteiger partial charge in [0, 0.05) is 13.1 Å². The topological polar surface area (TPSA) is 58.4 Å². The molecule has 0 spiro atoms. The second-order valence-corrected chi connectivity index (χ2v) is 4.42. The molecule has 0 unspecified atom stereocenters. The van der Waals surface area contributed by atoms with E-state index < -0.39 is 11.7 Å². The maximum atomic E-state index is 12.5. The minimum Gasteiger partial charge on any atom is -0.397 e. The van der Waals surface area contributed by atoms with Gasteiger partial charge in [0.05, 0.1) is 16.9 Å². The Morgan fingerprint density at radius 3 is 2.42 bits per heavy atom. The van der Waals surface area contributed by atoms with Crippen molar-refractivity contribution < 1.29 is 18.0 Å². The number of halogens is 3. The highest BCUT2D eigenvalue weighted by Crippen LogP contribution is 2.32. The number of benzene rings is 1. The Morgan fingerprint density at radius 2 is 1.89 bits per heavy atom. The number of urea groups is 1. The molecule has 0 radical (unpaired) electrons. The Morgan fingerprint density at radius 1 is 1.26 bits per heavy atom. The average molecular weight is 273 g/mol. The van der Waals surface area contributed by atoms with Crippen molar-refractivity contribution in [3.63, 3.8) is 0 Å². The maximum absolute atomic E-state index is 12.5. The third-order valence-electron chi connectivity index (χ3n) is 3.01. The predicted octanol–water partition coefficient (Wildman–Crippen LogP) is 2.92. The van der Waals surface area contributed by atoms with Crippen molar-refractivity contribution >= 4 is 17.4 Å². The van der Waals surface area contributed by atoms with Gasteiger partial charge in [0.15, 0.2) is 0 Å². The number of amides is 2. The second-order valence-electron chi connectivity index (χ2n) is 4.42. The number of hydrogen-bond acceptors (Lipinski definition) is 2. The van der Waals surface area contributed by atoms with Crippen LogP contribution in [0, 0.1) is 0 Å². The van der Waals surface area contributed by atoms with Gasteiger partial charge in [0.2, 0.25) is 0 Å². The smallest absolute Gasteiger partial charge is 0.397 e. The molecule has 0 aliphatic carbocycles. The first kappa shape index (κ1) is 13.5. The highest BCUT2D eigenvalue weighted by molar-refractivity contribution is 5.92. The quantitative estimate of drug-likeness (QED) is 0.773. The minimum atomic E-state index is -4.44. The molecule has 1 aromatic rings. The molecule has 104 valence electrons. The highest BCUT2D eigenvalue weighted by atomic mass is 19.4. The molecule has 4 nitrogen and oxygen atoms in total. The molecule has 1 heterocycles. The summed E-state index contributed by atoms with van der Waals surface area (Å²) in [7, 11) is 0. The lowest BCUT2D eigenvalue weighted by Crippen LogP contribution is -2.32. The third kappa shape index (κ3) is 3.10. The summed E-state index contributed by atoms with van der Waals surface area (Å²) in [5.74, 6) is 0. The van der Waals surface area contributed by atoms with Gasteiger partial charge < -0.3 is 16.0 Å². The summed E-state index contributed by atoms with van der Waals surface area (Å²) in [5.41, 5.74) is 4.81. The molecule has 2 rings (SSSR count). The molecule has 0 bridgehead atoms. The molecule has 0 atom stereocenters. The fourth-order valence-electron chi connectivity index (χ4n) is 1.97. The molecule has 1 aliphatic heterocycles. The molecule has 1 fully saturated rings. The van der Waals surface area contributed by atoms with Gasteiger partial charge in [0.25, 0.3) is 0 Å². The molecule has 1 aromatic carbocycles. The van der Waals surface area contributed by atoms with E-state index in [0.717, 1.165) is 25.0 Å². The summed E-state index contributed by atoms with van der Waals surface area (Å²) in [6.45, 7) is 1.32. The summed E-state index contributed by atoms with van der Waals surface area (Å²) in [6, 6.07) is 2.56. The lowest BCUT2D eigenvalue weighted by atomic mass is 10.1. The van der Waals surface area contributed by atoms with E-state index in [0.29, 0.717) is 13.1 Å². The zero-order valence-corrected chi connectivity index (χ0v) is 10.1. The number of alkyl halides is 3. The van der Waals surface area contributed by atoms with Gasteiger partial charge in [-0.05, 0) is 31.0 Å². The Balaban J connectivity index is 2.11. The van der Waals surface area contributed by atoms with Crippen LogP contribution < -0.4 is 11.1 Å². The van der Waals surface area contributed by atoms with E-state index in [4.69, 9.17) is 5.73 Å². The number of carbonyl (C=O) groups excluding carboxylic acids is 1. The Bertz CT molecular complexity index is 482. The van der Waals surface area contributed by atoms with Gasteiger partial charge in [0.1, 0.15) is 0 Å². The van der Waals surface area contributed by atoms with E-state index in [1.165, 1.54) is 6.07 Å². The van der Waals surface area contributed by atoms with Crippen LogP contribution in [0.1, 0.15) is 18.4 Å². The van der Waals surface area contributed by atoms with Gasteiger partial charge in [-0.1, -0.05) is 0 Å². The van der Waals surface area contributed by atoms with E-state index in [1.54, 1.807) is 4.90 Å². The SMILES string of the molecule is Nc1cc(C(F)(F)F)ccc1NC(=O)N1CCCC1. The first-order valence-corrected chi connectivity index (χ1v) is 5.90. The molecule has 7 heteroatoms. The van der Waals surface area contributed by atoms with Gasteiger partial charge in [-0.3, -0.25) is 0 Å². The van der Waals surface area contributed by atoms with E-state index in [2.05, 4.69) is 5.32 Å². The Labute approximate surface area is 108 Å². The fourth-order valence-corrected chi connectivity index (χ4v) is 1.97. The summed E-state index contributed by atoms with van der Waals surface area (Å²) in [6.07, 6.45) is -2.56. The van der Waals surface area contributed by atoms with Crippen LogP contribution in [0.4, 0.5) is 29.3 Å². The average Bonchev–Trinajstić information content (AvgIpc) is 2.84. The maximum Gasteiger partial charge on any atom is 0.416 e. The monoisotopic (exact) mass is 273 g/mol. The number of carbonyl (C=O) groups is 1. The number of rotatable bonds is 1. The molecule has 19 heavy (non-hydrogen) atoms. The number of hydrogen-bond donors (Lipinski definition) is 2. The molecule has 1 saturated heterocycles. The van der Waals surface area contributed by atoms with E-state index in [9.17, 15) is 18.0 Å². The summed E-state index contributed by atoms with van der Waals surface area (Å²) in [5, 5.41) is 2.53. The fraction of sp³-hybridized carbons (Fsp3) is 0.417. The van der Waals surface area contributed by atoms with E-state index in [-0.39, 0.29) is 17.4 Å². The third-order valence-corrected chi connectivity index (χ3v) is 3.01. The zero-order valence-electron chi connectivity index (χ0n) is 10.1. The number of nitrogen functional groups attached to an aromatic ring is 1. The van der Waals surface area contributed by atoms with Crippen LogP contribution in [0.2, 0.25) is 0 Å². The van der Waals surface area contributed by atoms with Crippen molar-refractivity contribution in [2.75, 3.05) is 24.1 Å². The van der Waals surface area contributed by atoms with Crippen molar-refractivity contribution in [1.29, 1.82) is 0 Å². The lowest BCUT2D eigenvalue weighted by molar-refractivity contribution is -0.137. The molecule has 1 aliphatic rings. The van der Waals surface area contributed by atoms with Crippen molar-refractivity contribution in [3.8, 4) is 0 Å². The van der Waals surface area contributed by atoms with Crippen LogP contribution in [0.5, 0.6) is 0 Å². The van der Waals surface area contributed by atoms with Crippen LogP contribution in [-0.4, -0.2) is 24.0 Å². The largest absolute Gasteiger partial charge is 0.416 e. The summed E-state index contributed by atoms with van der Waals surface area (Å²) >= 11 is 0. The molecule has 0 saturated carbocycles. The lowest BCUT2D eigenvalue weighted by Gasteiger charge is -2.17.